The van der Waals surface area contributed by atoms with Gasteiger partial charge in [-0.1, -0.05) is 18.2 Å². The third kappa shape index (κ3) is 4.39. The zero-order valence-corrected chi connectivity index (χ0v) is 14.5. The van der Waals surface area contributed by atoms with Crippen molar-refractivity contribution in [2.75, 3.05) is 63.9 Å². The van der Waals surface area contributed by atoms with Crippen LogP contribution in [0, 0.1) is 0 Å². The standard InChI is InChI=1S/C18H28N4O2/c1-16(20-11-13-24-14-12-20)15-19-18(23)22-9-7-21(8-10-22)17-5-3-2-4-6-17/h2-6,16H,7-15H2,1H3,(H,19,23). The van der Waals surface area contributed by atoms with Crippen LogP contribution in [-0.2, 0) is 4.74 Å². The van der Waals surface area contributed by atoms with Gasteiger partial charge in [-0.25, -0.2) is 4.79 Å². The fourth-order valence-electron chi connectivity index (χ4n) is 3.30. The van der Waals surface area contributed by atoms with Crippen molar-refractivity contribution in [1.82, 2.24) is 15.1 Å². The highest BCUT2D eigenvalue weighted by molar-refractivity contribution is 5.74. The van der Waals surface area contributed by atoms with E-state index in [1.807, 2.05) is 11.0 Å². The molecule has 2 aliphatic heterocycles. The predicted molar refractivity (Wildman–Crippen MR) is 95.5 cm³/mol. The van der Waals surface area contributed by atoms with Gasteiger partial charge in [-0.2, -0.15) is 0 Å². The molecule has 3 rings (SSSR count). The van der Waals surface area contributed by atoms with Crippen LogP contribution in [-0.4, -0.2) is 80.9 Å². The van der Waals surface area contributed by atoms with E-state index in [1.54, 1.807) is 0 Å². The van der Waals surface area contributed by atoms with Crippen LogP contribution in [0.1, 0.15) is 6.92 Å². The molecule has 0 radical (unpaired) electrons. The second-order valence-corrected chi connectivity index (χ2v) is 6.49. The van der Waals surface area contributed by atoms with Crippen LogP contribution in [0.5, 0.6) is 0 Å². The highest BCUT2D eigenvalue weighted by Gasteiger charge is 2.22. The Bertz CT molecular complexity index is 511. The zero-order chi connectivity index (χ0) is 16.8. The van der Waals surface area contributed by atoms with Gasteiger partial charge in [-0.05, 0) is 19.1 Å². The van der Waals surface area contributed by atoms with E-state index >= 15 is 0 Å². The molecular formula is C18H28N4O2. The van der Waals surface area contributed by atoms with E-state index < -0.39 is 0 Å². The molecular weight excluding hydrogens is 304 g/mol. The molecule has 2 amide bonds. The lowest BCUT2D eigenvalue weighted by Gasteiger charge is -2.37. The maximum absolute atomic E-state index is 12.4. The van der Waals surface area contributed by atoms with Crippen molar-refractivity contribution in [3.8, 4) is 0 Å². The Hall–Kier alpha value is -1.79. The lowest BCUT2D eigenvalue weighted by atomic mass is 10.2. The molecule has 2 fully saturated rings. The first-order chi connectivity index (χ1) is 11.7. The van der Waals surface area contributed by atoms with E-state index in [4.69, 9.17) is 4.74 Å². The number of rotatable bonds is 4. The van der Waals surface area contributed by atoms with Crippen LogP contribution in [0.2, 0.25) is 0 Å². The Balaban J connectivity index is 1.40. The van der Waals surface area contributed by atoms with Gasteiger partial charge in [0, 0.05) is 57.5 Å². The normalized spacial score (nSPS) is 20.7. The van der Waals surface area contributed by atoms with Gasteiger partial charge in [0.2, 0.25) is 0 Å². The molecule has 6 nitrogen and oxygen atoms in total. The summed E-state index contributed by atoms with van der Waals surface area (Å²) in [7, 11) is 0. The number of hydrogen-bond acceptors (Lipinski definition) is 4. The molecule has 0 bridgehead atoms. The monoisotopic (exact) mass is 332 g/mol. The maximum atomic E-state index is 12.4. The minimum absolute atomic E-state index is 0.0582. The summed E-state index contributed by atoms with van der Waals surface area (Å²) in [5, 5.41) is 3.09. The van der Waals surface area contributed by atoms with Crippen LogP contribution >= 0.6 is 0 Å². The predicted octanol–water partition coefficient (Wildman–Crippen LogP) is 1.24. The van der Waals surface area contributed by atoms with E-state index in [9.17, 15) is 4.79 Å². The Morgan fingerprint density at radius 3 is 2.42 bits per heavy atom. The fraction of sp³-hybridized carbons (Fsp3) is 0.611. The molecule has 1 aromatic rings. The van der Waals surface area contributed by atoms with Gasteiger partial charge in [0.05, 0.1) is 13.2 Å². The Morgan fingerprint density at radius 2 is 1.75 bits per heavy atom. The summed E-state index contributed by atoms with van der Waals surface area (Å²) in [4.78, 5) is 19.0. The summed E-state index contributed by atoms with van der Waals surface area (Å²) in [6.45, 7) is 9.65. The van der Waals surface area contributed by atoms with Gasteiger partial charge in [0.25, 0.3) is 0 Å². The smallest absolute Gasteiger partial charge is 0.317 e. The first kappa shape index (κ1) is 17.0. The molecule has 2 heterocycles. The van der Waals surface area contributed by atoms with Crippen molar-refractivity contribution in [3.63, 3.8) is 0 Å². The Morgan fingerprint density at radius 1 is 1.08 bits per heavy atom. The number of benzene rings is 1. The number of nitrogens with zero attached hydrogens (tertiary/aromatic N) is 3. The first-order valence-corrected chi connectivity index (χ1v) is 8.88. The average molecular weight is 332 g/mol. The van der Waals surface area contributed by atoms with Crippen LogP contribution in [0.25, 0.3) is 0 Å². The van der Waals surface area contributed by atoms with Crippen LogP contribution in [0.15, 0.2) is 30.3 Å². The van der Waals surface area contributed by atoms with Gasteiger partial charge in [0.1, 0.15) is 0 Å². The minimum Gasteiger partial charge on any atom is -0.379 e. The van der Waals surface area contributed by atoms with E-state index in [0.29, 0.717) is 12.6 Å². The molecule has 0 spiro atoms. The minimum atomic E-state index is 0.0582. The van der Waals surface area contributed by atoms with E-state index in [1.165, 1.54) is 5.69 Å². The first-order valence-electron chi connectivity index (χ1n) is 8.88. The van der Waals surface area contributed by atoms with Crippen molar-refractivity contribution >= 4 is 11.7 Å². The number of hydrogen-bond donors (Lipinski definition) is 1. The third-order valence-corrected chi connectivity index (χ3v) is 4.91. The van der Waals surface area contributed by atoms with E-state index in [-0.39, 0.29) is 6.03 Å². The lowest BCUT2D eigenvalue weighted by Crippen LogP contribution is -2.54. The number of amides is 2. The Labute approximate surface area is 144 Å². The summed E-state index contributed by atoms with van der Waals surface area (Å²) >= 11 is 0. The second kappa shape index (κ2) is 8.35. The number of ether oxygens (including phenoxy) is 1. The molecule has 24 heavy (non-hydrogen) atoms. The van der Waals surface area contributed by atoms with Crippen molar-refractivity contribution in [2.45, 2.75) is 13.0 Å². The number of piperazine rings is 1. The largest absolute Gasteiger partial charge is 0.379 e. The second-order valence-electron chi connectivity index (χ2n) is 6.49. The molecule has 1 atom stereocenters. The topological polar surface area (TPSA) is 48.1 Å². The number of para-hydroxylation sites is 1. The van der Waals surface area contributed by atoms with E-state index in [2.05, 4.69) is 46.3 Å². The van der Waals surface area contributed by atoms with Crippen LogP contribution in [0.4, 0.5) is 10.5 Å². The highest BCUT2D eigenvalue weighted by atomic mass is 16.5. The van der Waals surface area contributed by atoms with Crippen molar-refractivity contribution in [3.05, 3.63) is 30.3 Å². The molecule has 0 aromatic heterocycles. The summed E-state index contributed by atoms with van der Waals surface area (Å²) in [6.07, 6.45) is 0. The molecule has 6 heteroatoms. The van der Waals surface area contributed by atoms with Gasteiger partial charge in [0.15, 0.2) is 0 Å². The summed E-state index contributed by atoms with van der Waals surface area (Å²) in [5.41, 5.74) is 1.23. The maximum Gasteiger partial charge on any atom is 0.317 e. The molecule has 132 valence electrons. The molecule has 0 saturated carbocycles. The van der Waals surface area contributed by atoms with Gasteiger partial charge in [-0.15, -0.1) is 0 Å². The summed E-state index contributed by atoms with van der Waals surface area (Å²) in [5.74, 6) is 0. The Kier molecular flexibility index (Phi) is 5.93. The number of carbonyl (C=O) groups excluding carboxylic acids is 1. The molecule has 2 saturated heterocycles. The average Bonchev–Trinajstić information content (AvgIpc) is 2.67. The molecule has 1 unspecified atom stereocenters. The van der Waals surface area contributed by atoms with Crippen molar-refractivity contribution in [2.24, 2.45) is 0 Å². The molecule has 0 aliphatic carbocycles. The number of carbonyl (C=O) groups is 1. The highest BCUT2D eigenvalue weighted by Crippen LogP contribution is 2.15. The van der Waals surface area contributed by atoms with Crippen molar-refractivity contribution in [1.29, 1.82) is 0 Å². The van der Waals surface area contributed by atoms with Crippen LogP contribution in [0.3, 0.4) is 0 Å². The molecule has 1 N–H and O–H groups in total. The number of nitrogens with one attached hydrogen (secondary N) is 1. The third-order valence-electron chi connectivity index (χ3n) is 4.91. The van der Waals surface area contributed by atoms with Gasteiger partial charge >= 0.3 is 6.03 Å². The number of urea groups is 1. The van der Waals surface area contributed by atoms with Gasteiger partial charge in [-0.3, -0.25) is 4.90 Å². The fourth-order valence-corrected chi connectivity index (χ4v) is 3.30. The molecule has 1 aromatic carbocycles. The summed E-state index contributed by atoms with van der Waals surface area (Å²) in [6, 6.07) is 10.8. The number of anilines is 1. The number of morpholine rings is 1. The zero-order valence-electron chi connectivity index (χ0n) is 14.5. The molecule has 2 aliphatic rings. The lowest BCUT2D eigenvalue weighted by molar-refractivity contribution is 0.0206. The van der Waals surface area contributed by atoms with E-state index in [0.717, 1.165) is 52.5 Å². The summed E-state index contributed by atoms with van der Waals surface area (Å²) < 4.78 is 5.38. The van der Waals surface area contributed by atoms with Crippen molar-refractivity contribution < 1.29 is 9.53 Å². The SMILES string of the molecule is CC(CNC(=O)N1CCN(c2ccccc2)CC1)N1CCOCC1. The van der Waals surface area contributed by atoms with Crippen LogP contribution < -0.4 is 10.2 Å². The quantitative estimate of drug-likeness (QED) is 0.901. The van der Waals surface area contributed by atoms with Gasteiger partial charge < -0.3 is 19.9 Å².